The number of ether oxygens (including phenoxy) is 3. The van der Waals surface area contributed by atoms with Crippen molar-refractivity contribution in [2.75, 3.05) is 33.9 Å². The van der Waals surface area contributed by atoms with Crippen molar-refractivity contribution in [3.05, 3.63) is 23.8 Å². The molecule has 0 radical (unpaired) electrons. The molecule has 3 atom stereocenters. The van der Waals surface area contributed by atoms with Gasteiger partial charge in [0.25, 0.3) is 0 Å². The van der Waals surface area contributed by atoms with Crippen LogP contribution < -0.4 is 9.47 Å². The Balaban J connectivity index is 2.04. The van der Waals surface area contributed by atoms with Crippen molar-refractivity contribution in [3.8, 4) is 11.5 Å². The van der Waals surface area contributed by atoms with Crippen molar-refractivity contribution in [1.82, 2.24) is 4.90 Å². The van der Waals surface area contributed by atoms with E-state index in [0.29, 0.717) is 5.75 Å². The SMILES string of the molecule is COc1ccc(C(Cl)CN2CC(C)OC(C)C2)cc1OC. The number of benzene rings is 1. The minimum Gasteiger partial charge on any atom is -0.493 e. The fourth-order valence-electron chi connectivity index (χ4n) is 2.81. The summed E-state index contributed by atoms with van der Waals surface area (Å²) in [6.45, 7) is 6.83. The molecule has 21 heavy (non-hydrogen) atoms. The maximum Gasteiger partial charge on any atom is 0.161 e. The zero-order valence-corrected chi connectivity index (χ0v) is 13.9. The second-order valence-electron chi connectivity index (χ2n) is 5.56. The van der Waals surface area contributed by atoms with Gasteiger partial charge in [0, 0.05) is 19.6 Å². The molecule has 0 aromatic heterocycles. The van der Waals surface area contributed by atoms with E-state index in [2.05, 4.69) is 18.7 Å². The summed E-state index contributed by atoms with van der Waals surface area (Å²) in [5.41, 5.74) is 1.04. The summed E-state index contributed by atoms with van der Waals surface area (Å²) >= 11 is 6.58. The predicted molar refractivity (Wildman–Crippen MR) is 84.6 cm³/mol. The summed E-state index contributed by atoms with van der Waals surface area (Å²) in [6.07, 6.45) is 0.506. The number of halogens is 1. The third-order valence-corrected chi connectivity index (χ3v) is 4.07. The van der Waals surface area contributed by atoms with E-state index in [1.54, 1.807) is 14.2 Å². The molecule has 0 N–H and O–H groups in total. The lowest BCUT2D eigenvalue weighted by molar-refractivity contribution is -0.0678. The first kappa shape index (κ1) is 16.4. The molecule has 1 aliphatic rings. The van der Waals surface area contributed by atoms with Crippen LogP contribution >= 0.6 is 11.6 Å². The van der Waals surface area contributed by atoms with E-state index in [0.717, 1.165) is 30.9 Å². The van der Waals surface area contributed by atoms with Crippen LogP contribution in [-0.4, -0.2) is 51.0 Å². The highest BCUT2D eigenvalue weighted by Crippen LogP contribution is 2.32. The number of hydrogen-bond donors (Lipinski definition) is 0. The van der Waals surface area contributed by atoms with Crippen molar-refractivity contribution in [2.45, 2.75) is 31.4 Å². The van der Waals surface area contributed by atoms with Crippen molar-refractivity contribution in [3.63, 3.8) is 0 Å². The third-order valence-electron chi connectivity index (χ3n) is 3.68. The molecule has 1 fully saturated rings. The smallest absolute Gasteiger partial charge is 0.161 e. The van der Waals surface area contributed by atoms with Gasteiger partial charge in [0.2, 0.25) is 0 Å². The molecule has 0 bridgehead atoms. The van der Waals surface area contributed by atoms with Gasteiger partial charge in [-0.15, -0.1) is 11.6 Å². The minimum atomic E-state index is -0.0812. The number of rotatable bonds is 5. The lowest BCUT2D eigenvalue weighted by Crippen LogP contribution is -2.46. The van der Waals surface area contributed by atoms with Crippen molar-refractivity contribution >= 4 is 11.6 Å². The molecule has 0 amide bonds. The van der Waals surface area contributed by atoms with E-state index in [1.165, 1.54) is 0 Å². The van der Waals surface area contributed by atoms with Crippen LogP contribution in [0.4, 0.5) is 0 Å². The molecule has 3 unspecified atom stereocenters. The first-order valence-electron chi connectivity index (χ1n) is 7.27. The zero-order valence-electron chi connectivity index (χ0n) is 13.1. The second kappa shape index (κ2) is 7.34. The Kier molecular flexibility index (Phi) is 5.73. The highest BCUT2D eigenvalue weighted by Gasteiger charge is 2.24. The summed E-state index contributed by atoms with van der Waals surface area (Å²) in [4.78, 5) is 2.35. The third kappa shape index (κ3) is 4.25. The molecule has 0 aliphatic carbocycles. The molecule has 1 aliphatic heterocycles. The second-order valence-corrected chi connectivity index (χ2v) is 6.08. The van der Waals surface area contributed by atoms with Crippen LogP contribution in [0.25, 0.3) is 0 Å². The average Bonchev–Trinajstić information content (AvgIpc) is 2.45. The van der Waals surface area contributed by atoms with Crippen LogP contribution in [0.5, 0.6) is 11.5 Å². The fourth-order valence-corrected chi connectivity index (χ4v) is 3.14. The molecule has 0 spiro atoms. The fraction of sp³-hybridized carbons (Fsp3) is 0.625. The molecule has 5 heteroatoms. The molecule has 2 rings (SSSR count). The summed E-state index contributed by atoms with van der Waals surface area (Å²) in [5.74, 6) is 1.43. The maximum absolute atomic E-state index is 6.58. The van der Waals surface area contributed by atoms with Crippen molar-refractivity contribution in [2.24, 2.45) is 0 Å². The van der Waals surface area contributed by atoms with E-state index in [-0.39, 0.29) is 17.6 Å². The number of hydrogen-bond acceptors (Lipinski definition) is 4. The number of morpholine rings is 1. The Labute approximate surface area is 131 Å². The van der Waals surface area contributed by atoms with Crippen LogP contribution in [0.15, 0.2) is 18.2 Å². The quantitative estimate of drug-likeness (QED) is 0.782. The van der Waals surface area contributed by atoms with Crippen molar-refractivity contribution < 1.29 is 14.2 Å². The highest BCUT2D eigenvalue weighted by atomic mass is 35.5. The summed E-state index contributed by atoms with van der Waals surface area (Å²) in [6, 6.07) is 5.84. The molecule has 4 nitrogen and oxygen atoms in total. The van der Waals surface area contributed by atoms with Crippen LogP contribution in [0, 0.1) is 0 Å². The molecule has 1 aromatic rings. The maximum atomic E-state index is 6.58. The number of methoxy groups -OCH3 is 2. The van der Waals surface area contributed by atoms with Crippen LogP contribution in [0.3, 0.4) is 0 Å². The Morgan fingerprint density at radius 1 is 1.19 bits per heavy atom. The van der Waals surface area contributed by atoms with Gasteiger partial charge in [-0.2, -0.15) is 0 Å². The first-order valence-corrected chi connectivity index (χ1v) is 7.71. The molecular weight excluding hydrogens is 290 g/mol. The van der Waals surface area contributed by atoms with Gasteiger partial charge in [0.05, 0.1) is 31.8 Å². The lowest BCUT2D eigenvalue weighted by Gasteiger charge is -2.36. The molecule has 0 saturated carbocycles. The van der Waals surface area contributed by atoms with E-state index < -0.39 is 0 Å². The largest absolute Gasteiger partial charge is 0.493 e. The summed E-state index contributed by atoms with van der Waals surface area (Å²) in [5, 5.41) is -0.0812. The van der Waals surface area contributed by atoms with Gasteiger partial charge in [-0.25, -0.2) is 0 Å². The van der Waals surface area contributed by atoms with E-state index in [4.69, 9.17) is 25.8 Å². The average molecular weight is 314 g/mol. The highest BCUT2D eigenvalue weighted by molar-refractivity contribution is 6.21. The standard InChI is InChI=1S/C16H24ClNO3/c1-11-8-18(9-12(2)21-11)10-14(17)13-5-6-15(19-3)16(7-13)20-4/h5-7,11-12,14H,8-10H2,1-4H3. The first-order chi connectivity index (χ1) is 10.0. The topological polar surface area (TPSA) is 30.9 Å². The van der Waals surface area contributed by atoms with Gasteiger partial charge in [0.15, 0.2) is 11.5 Å². The molecule has 1 aromatic carbocycles. The van der Waals surface area contributed by atoms with Crippen LogP contribution in [0.1, 0.15) is 24.8 Å². The normalized spacial score (nSPS) is 24.6. The Bertz CT molecular complexity index is 459. The molecular formula is C16H24ClNO3. The Hall–Kier alpha value is -0.970. The van der Waals surface area contributed by atoms with Crippen LogP contribution in [-0.2, 0) is 4.74 Å². The van der Waals surface area contributed by atoms with Gasteiger partial charge in [0.1, 0.15) is 0 Å². The molecule has 1 heterocycles. The number of nitrogens with zero attached hydrogens (tertiary/aromatic N) is 1. The lowest BCUT2D eigenvalue weighted by atomic mass is 10.1. The minimum absolute atomic E-state index is 0.0812. The number of alkyl halides is 1. The summed E-state index contributed by atoms with van der Waals surface area (Å²) < 4.78 is 16.3. The molecule has 118 valence electrons. The van der Waals surface area contributed by atoms with Gasteiger partial charge in [-0.05, 0) is 31.5 Å². The monoisotopic (exact) mass is 313 g/mol. The van der Waals surface area contributed by atoms with Gasteiger partial charge < -0.3 is 14.2 Å². The Morgan fingerprint density at radius 2 is 1.81 bits per heavy atom. The van der Waals surface area contributed by atoms with E-state index in [1.807, 2.05) is 18.2 Å². The summed E-state index contributed by atoms with van der Waals surface area (Å²) in [7, 11) is 3.27. The van der Waals surface area contributed by atoms with E-state index >= 15 is 0 Å². The van der Waals surface area contributed by atoms with Gasteiger partial charge in [-0.1, -0.05) is 6.07 Å². The Morgan fingerprint density at radius 3 is 2.38 bits per heavy atom. The molecule has 1 saturated heterocycles. The van der Waals surface area contributed by atoms with Crippen LogP contribution in [0.2, 0.25) is 0 Å². The predicted octanol–water partition coefficient (Wildman–Crippen LogP) is 3.09. The van der Waals surface area contributed by atoms with Gasteiger partial charge >= 0.3 is 0 Å². The van der Waals surface area contributed by atoms with Crippen molar-refractivity contribution in [1.29, 1.82) is 0 Å². The zero-order chi connectivity index (χ0) is 15.4. The van der Waals surface area contributed by atoms with Gasteiger partial charge in [-0.3, -0.25) is 4.90 Å². The van der Waals surface area contributed by atoms with E-state index in [9.17, 15) is 0 Å².